The molecule has 118 valence electrons. The van der Waals surface area contributed by atoms with Crippen LogP contribution in [-0.2, 0) is 24.1 Å². The lowest BCUT2D eigenvalue weighted by Crippen LogP contribution is -2.50. The van der Waals surface area contributed by atoms with E-state index >= 15 is 0 Å². The molecule has 0 bridgehead atoms. The topological polar surface area (TPSA) is 93.1 Å². The minimum Gasteiger partial charge on any atom is -0.481 e. The molecule has 0 aromatic carbocycles. The molecule has 1 atom stereocenters. The summed E-state index contributed by atoms with van der Waals surface area (Å²) in [4.78, 5) is 12.7. The van der Waals surface area contributed by atoms with Crippen molar-refractivity contribution in [3.05, 3.63) is 0 Å². The number of carboxylic acids is 1. The van der Waals surface area contributed by atoms with E-state index in [-0.39, 0.29) is 17.9 Å². The van der Waals surface area contributed by atoms with Crippen LogP contribution >= 0.6 is 0 Å². The maximum Gasteiger partial charge on any atom is 0.304 e. The van der Waals surface area contributed by atoms with Crippen molar-refractivity contribution in [3.8, 4) is 0 Å². The molecule has 1 N–H and O–H groups in total. The van der Waals surface area contributed by atoms with E-state index in [1.807, 2.05) is 4.90 Å². The van der Waals surface area contributed by atoms with Crippen LogP contribution in [0.5, 0.6) is 0 Å². The summed E-state index contributed by atoms with van der Waals surface area (Å²) < 4.78 is 33.5. The number of carboxylic acid groups (broad SMARTS) is 1. The third-order valence-corrected chi connectivity index (χ3v) is 4.92. The zero-order valence-electron chi connectivity index (χ0n) is 11.8. The fourth-order valence-electron chi connectivity index (χ4n) is 2.19. The molecule has 1 aliphatic heterocycles. The fraction of sp³-hybridized carbons (Fsp3) is 0.917. The Balaban J connectivity index is 2.35. The van der Waals surface area contributed by atoms with Crippen LogP contribution in [0.1, 0.15) is 12.8 Å². The second kappa shape index (κ2) is 8.56. The second-order valence-electron chi connectivity index (χ2n) is 4.86. The SMILES string of the molecule is COCCCOCCN1CCS(=O)(=O)CC1CC(=O)O. The summed E-state index contributed by atoms with van der Waals surface area (Å²) >= 11 is 0. The first-order valence-corrected chi connectivity index (χ1v) is 8.49. The van der Waals surface area contributed by atoms with E-state index in [0.29, 0.717) is 32.9 Å². The molecule has 20 heavy (non-hydrogen) atoms. The van der Waals surface area contributed by atoms with Crippen LogP contribution in [0.25, 0.3) is 0 Å². The Bertz CT molecular complexity index is 397. The van der Waals surface area contributed by atoms with E-state index in [4.69, 9.17) is 14.6 Å². The largest absolute Gasteiger partial charge is 0.481 e. The molecule has 0 aromatic rings. The maximum absolute atomic E-state index is 11.6. The van der Waals surface area contributed by atoms with Crippen molar-refractivity contribution in [2.75, 3.05) is 51.5 Å². The van der Waals surface area contributed by atoms with Crippen molar-refractivity contribution in [3.63, 3.8) is 0 Å². The first-order valence-electron chi connectivity index (χ1n) is 6.67. The summed E-state index contributed by atoms with van der Waals surface area (Å²) in [6, 6.07) is -0.450. The predicted molar refractivity (Wildman–Crippen MR) is 73.6 cm³/mol. The molecule has 0 saturated carbocycles. The number of rotatable bonds is 9. The summed E-state index contributed by atoms with van der Waals surface area (Å²) in [5.41, 5.74) is 0. The highest BCUT2D eigenvalue weighted by Gasteiger charge is 2.32. The maximum atomic E-state index is 11.6. The predicted octanol–water partition coefficient (Wildman–Crippen LogP) is -0.387. The van der Waals surface area contributed by atoms with Gasteiger partial charge in [0.2, 0.25) is 0 Å². The van der Waals surface area contributed by atoms with Crippen LogP contribution in [0.2, 0.25) is 0 Å². The number of hydrogen-bond acceptors (Lipinski definition) is 6. The highest BCUT2D eigenvalue weighted by atomic mass is 32.2. The van der Waals surface area contributed by atoms with Crippen LogP contribution < -0.4 is 0 Å². The molecule has 1 unspecified atom stereocenters. The van der Waals surface area contributed by atoms with Crippen LogP contribution in [0.3, 0.4) is 0 Å². The molecule has 0 amide bonds. The van der Waals surface area contributed by atoms with Crippen LogP contribution in [0.4, 0.5) is 0 Å². The Morgan fingerprint density at radius 1 is 1.35 bits per heavy atom. The zero-order chi connectivity index (χ0) is 15.0. The quantitative estimate of drug-likeness (QED) is 0.580. The molecule has 8 heteroatoms. The van der Waals surface area contributed by atoms with Gasteiger partial charge in [0.1, 0.15) is 0 Å². The average Bonchev–Trinajstić information content (AvgIpc) is 2.34. The Morgan fingerprint density at radius 3 is 2.75 bits per heavy atom. The van der Waals surface area contributed by atoms with E-state index in [9.17, 15) is 13.2 Å². The normalized spacial score (nSPS) is 22.8. The van der Waals surface area contributed by atoms with Crippen molar-refractivity contribution in [1.29, 1.82) is 0 Å². The highest BCUT2D eigenvalue weighted by molar-refractivity contribution is 7.91. The number of carbonyl (C=O) groups is 1. The van der Waals surface area contributed by atoms with Gasteiger partial charge in [0.15, 0.2) is 9.84 Å². The molecule has 1 heterocycles. The minimum absolute atomic E-state index is 0.0804. The van der Waals surface area contributed by atoms with Crippen molar-refractivity contribution in [1.82, 2.24) is 4.90 Å². The zero-order valence-corrected chi connectivity index (χ0v) is 12.6. The lowest BCUT2D eigenvalue weighted by Gasteiger charge is -2.34. The first kappa shape index (κ1) is 17.4. The lowest BCUT2D eigenvalue weighted by molar-refractivity contribution is -0.138. The minimum atomic E-state index is -3.12. The standard InChI is InChI=1S/C12H23NO6S/c1-18-5-2-6-19-7-3-13-4-8-20(16,17)10-11(13)9-12(14)15/h11H,2-10H2,1H3,(H,14,15). The molecule has 0 aromatic heterocycles. The Labute approximate surface area is 119 Å². The van der Waals surface area contributed by atoms with Gasteiger partial charge in [0, 0.05) is 39.5 Å². The number of ether oxygens (including phenoxy) is 2. The molecule has 7 nitrogen and oxygen atoms in total. The summed E-state index contributed by atoms with van der Waals surface area (Å²) in [5.74, 6) is -0.964. The van der Waals surface area contributed by atoms with Crippen molar-refractivity contribution < 1.29 is 27.8 Å². The number of sulfone groups is 1. The van der Waals surface area contributed by atoms with E-state index in [2.05, 4.69) is 0 Å². The van der Waals surface area contributed by atoms with E-state index in [0.717, 1.165) is 6.42 Å². The van der Waals surface area contributed by atoms with Gasteiger partial charge in [-0.15, -0.1) is 0 Å². The van der Waals surface area contributed by atoms with E-state index in [1.54, 1.807) is 7.11 Å². The summed E-state index contributed by atoms with van der Waals surface area (Å²) in [5, 5.41) is 8.86. The third kappa shape index (κ3) is 6.65. The molecular formula is C12H23NO6S. The second-order valence-corrected chi connectivity index (χ2v) is 7.09. The monoisotopic (exact) mass is 309 g/mol. The molecule has 0 spiro atoms. The first-order chi connectivity index (χ1) is 9.44. The average molecular weight is 309 g/mol. The van der Waals surface area contributed by atoms with E-state index < -0.39 is 21.8 Å². The van der Waals surface area contributed by atoms with Crippen molar-refractivity contribution >= 4 is 15.8 Å². The Kier molecular flexibility index (Phi) is 7.42. The number of methoxy groups -OCH3 is 1. The van der Waals surface area contributed by atoms with Crippen LogP contribution in [0, 0.1) is 0 Å². The molecule has 1 fully saturated rings. The molecule has 1 aliphatic rings. The Morgan fingerprint density at radius 2 is 2.10 bits per heavy atom. The van der Waals surface area contributed by atoms with Gasteiger partial charge in [-0.2, -0.15) is 0 Å². The van der Waals surface area contributed by atoms with Gasteiger partial charge < -0.3 is 14.6 Å². The van der Waals surface area contributed by atoms with Crippen LogP contribution in [0.15, 0.2) is 0 Å². The van der Waals surface area contributed by atoms with Crippen molar-refractivity contribution in [2.45, 2.75) is 18.9 Å². The van der Waals surface area contributed by atoms with Gasteiger partial charge in [-0.25, -0.2) is 8.42 Å². The van der Waals surface area contributed by atoms with Gasteiger partial charge in [-0.3, -0.25) is 9.69 Å². The smallest absolute Gasteiger partial charge is 0.304 e. The Hall–Kier alpha value is -0.700. The lowest BCUT2D eigenvalue weighted by atomic mass is 10.2. The molecule has 1 saturated heterocycles. The fourth-order valence-corrected chi connectivity index (χ4v) is 3.79. The number of aliphatic carboxylic acids is 1. The van der Waals surface area contributed by atoms with Gasteiger partial charge in [-0.1, -0.05) is 0 Å². The summed E-state index contributed by atoms with van der Waals surface area (Å²) in [6.07, 6.45) is 0.659. The highest BCUT2D eigenvalue weighted by Crippen LogP contribution is 2.14. The summed E-state index contributed by atoms with van der Waals surface area (Å²) in [6.45, 7) is 2.63. The third-order valence-electron chi connectivity index (χ3n) is 3.22. The number of hydrogen-bond donors (Lipinski definition) is 1. The van der Waals surface area contributed by atoms with Gasteiger partial charge in [0.05, 0.1) is 24.5 Å². The van der Waals surface area contributed by atoms with Gasteiger partial charge >= 0.3 is 5.97 Å². The number of nitrogens with zero attached hydrogens (tertiary/aromatic N) is 1. The van der Waals surface area contributed by atoms with Crippen molar-refractivity contribution in [2.24, 2.45) is 0 Å². The molecule has 0 aliphatic carbocycles. The van der Waals surface area contributed by atoms with Gasteiger partial charge in [-0.05, 0) is 6.42 Å². The molecule has 1 rings (SSSR count). The molecular weight excluding hydrogens is 286 g/mol. The van der Waals surface area contributed by atoms with Crippen LogP contribution in [-0.4, -0.2) is 82.0 Å². The summed E-state index contributed by atoms with van der Waals surface area (Å²) in [7, 11) is -1.49. The molecule has 0 radical (unpaired) electrons. The van der Waals surface area contributed by atoms with E-state index in [1.165, 1.54) is 0 Å². The van der Waals surface area contributed by atoms with Gasteiger partial charge in [0.25, 0.3) is 0 Å².